The molecule has 0 aromatic heterocycles. The van der Waals surface area contributed by atoms with Gasteiger partial charge in [0.1, 0.15) is 5.75 Å². The first-order valence-corrected chi connectivity index (χ1v) is 11.3. The van der Waals surface area contributed by atoms with Gasteiger partial charge in [-0.2, -0.15) is 0 Å². The van der Waals surface area contributed by atoms with Crippen molar-refractivity contribution in [3.05, 3.63) is 29.3 Å². The van der Waals surface area contributed by atoms with Gasteiger partial charge in [0.25, 0.3) is 0 Å². The van der Waals surface area contributed by atoms with E-state index < -0.39 is 0 Å². The van der Waals surface area contributed by atoms with Crippen molar-refractivity contribution in [1.82, 2.24) is 9.80 Å². The molecule has 2 atom stereocenters. The van der Waals surface area contributed by atoms with Crippen molar-refractivity contribution in [2.45, 2.75) is 57.3 Å². The van der Waals surface area contributed by atoms with Crippen LogP contribution < -0.4 is 4.74 Å². The number of methoxy groups -OCH3 is 1. The topological polar surface area (TPSA) is 49.9 Å². The Hall–Kier alpha value is -1.88. The molecule has 1 saturated carbocycles. The number of carbonyl (C=O) groups excluding carboxylic acids is 2. The molecule has 1 spiro atoms. The first-order chi connectivity index (χ1) is 14.1. The van der Waals surface area contributed by atoms with Gasteiger partial charge in [-0.05, 0) is 55.2 Å². The maximum absolute atomic E-state index is 12.6. The number of nitrogens with zero attached hydrogens (tertiary/aromatic N) is 2. The van der Waals surface area contributed by atoms with Crippen molar-refractivity contribution in [1.29, 1.82) is 0 Å². The average molecular weight is 397 g/mol. The lowest BCUT2D eigenvalue weighted by Gasteiger charge is -2.37. The predicted octanol–water partition coefficient (Wildman–Crippen LogP) is 3.37. The van der Waals surface area contributed by atoms with Crippen LogP contribution in [0.15, 0.2) is 18.2 Å². The molecular weight excluding hydrogens is 364 g/mol. The van der Waals surface area contributed by atoms with E-state index in [2.05, 4.69) is 23.1 Å². The highest BCUT2D eigenvalue weighted by Crippen LogP contribution is 2.48. The number of rotatable bonds is 5. The van der Waals surface area contributed by atoms with Gasteiger partial charge in [-0.1, -0.05) is 25.0 Å². The van der Waals surface area contributed by atoms with E-state index in [9.17, 15) is 9.59 Å². The molecule has 0 bridgehead atoms. The summed E-state index contributed by atoms with van der Waals surface area (Å²) in [5.74, 6) is 2.39. The summed E-state index contributed by atoms with van der Waals surface area (Å²) in [5, 5.41) is 0. The van der Waals surface area contributed by atoms with Crippen LogP contribution in [0.4, 0.5) is 0 Å². The van der Waals surface area contributed by atoms with Crippen LogP contribution in [0.25, 0.3) is 0 Å². The summed E-state index contributed by atoms with van der Waals surface area (Å²) in [6.45, 7) is 3.70. The first kappa shape index (κ1) is 19.1. The second-order valence-electron chi connectivity index (χ2n) is 9.72. The third-order valence-corrected chi connectivity index (χ3v) is 7.92. The van der Waals surface area contributed by atoms with Crippen molar-refractivity contribution < 1.29 is 14.3 Å². The third-order valence-electron chi connectivity index (χ3n) is 7.92. The summed E-state index contributed by atoms with van der Waals surface area (Å²) in [5.41, 5.74) is 2.86. The molecule has 3 fully saturated rings. The molecule has 4 aliphatic rings. The van der Waals surface area contributed by atoms with Gasteiger partial charge in [-0.25, -0.2) is 0 Å². The number of likely N-dealkylation sites (tertiary alicyclic amines) is 2. The van der Waals surface area contributed by atoms with Crippen LogP contribution in [-0.2, 0) is 16.0 Å². The van der Waals surface area contributed by atoms with Gasteiger partial charge in [0.2, 0.25) is 11.8 Å². The van der Waals surface area contributed by atoms with Crippen LogP contribution in [0.3, 0.4) is 0 Å². The highest BCUT2D eigenvalue weighted by molar-refractivity contribution is 5.98. The normalized spacial score (nSPS) is 28.2. The molecule has 2 unspecified atom stereocenters. The van der Waals surface area contributed by atoms with E-state index in [-0.39, 0.29) is 17.2 Å². The van der Waals surface area contributed by atoms with Crippen LogP contribution in [0.5, 0.6) is 5.75 Å². The molecule has 1 aromatic carbocycles. The number of imide groups is 1. The zero-order chi connectivity index (χ0) is 20.0. The number of amides is 2. The van der Waals surface area contributed by atoms with Gasteiger partial charge >= 0.3 is 0 Å². The molecule has 5 heteroatoms. The molecule has 29 heavy (non-hydrogen) atoms. The van der Waals surface area contributed by atoms with Crippen molar-refractivity contribution in [2.24, 2.45) is 11.3 Å². The maximum Gasteiger partial charge on any atom is 0.229 e. The van der Waals surface area contributed by atoms with Crippen LogP contribution in [-0.4, -0.2) is 54.9 Å². The summed E-state index contributed by atoms with van der Waals surface area (Å²) >= 11 is 0. The number of hydrogen-bond acceptors (Lipinski definition) is 4. The molecule has 2 saturated heterocycles. The molecule has 0 radical (unpaired) electrons. The largest absolute Gasteiger partial charge is 0.496 e. The summed E-state index contributed by atoms with van der Waals surface area (Å²) in [7, 11) is 1.76. The molecule has 5 nitrogen and oxygen atoms in total. The second kappa shape index (κ2) is 7.42. The number of carbonyl (C=O) groups is 2. The maximum atomic E-state index is 12.6. The zero-order valence-electron chi connectivity index (χ0n) is 17.5. The Bertz CT molecular complexity index is 794. The summed E-state index contributed by atoms with van der Waals surface area (Å²) < 4.78 is 5.62. The smallest absolute Gasteiger partial charge is 0.229 e. The lowest BCUT2D eigenvalue weighted by molar-refractivity contribution is -0.153. The third kappa shape index (κ3) is 3.37. The Labute approximate surface area is 173 Å². The average Bonchev–Trinajstić information content (AvgIpc) is 3.38. The highest BCUT2D eigenvalue weighted by Gasteiger charge is 2.45. The fraction of sp³-hybridized carbons (Fsp3) is 0.667. The quantitative estimate of drug-likeness (QED) is 0.716. The monoisotopic (exact) mass is 396 g/mol. The Balaban J connectivity index is 1.15. The lowest BCUT2D eigenvalue weighted by atomic mass is 9.76. The van der Waals surface area contributed by atoms with Crippen LogP contribution in [0.2, 0.25) is 0 Å². The van der Waals surface area contributed by atoms with Crippen molar-refractivity contribution in [3.8, 4) is 5.75 Å². The van der Waals surface area contributed by atoms with Crippen LogP contribution in [0, 0.1) is 11.3 Å². The molecule has 2 heterocycles. The van der Waals surface area contributed by atoms with Gasteiger partial charge < -0.3 is 9.64 Å². The van der Waals surface area contributed by atoms with Gasteiger partial charge in [0.15, 0.2) is 0 Å². The zero-order valence-corrected chi connectivity index (χ0v) is 17.5. The van der Waals surface area contributed by atoms with E-state index >= 15 is 0 Å². The van der Waals surface area contributed by atoms with E-state index in [1.165, 1.54) is 24.0 Å². The summed E-state index contributed by atoms with van der Waals surface area (Å²) in [4.78, 5) is 29.3. The number of piperidine rings is 1. The Morgan fingerprint density at radius 1 is 1.07 bits per heavy atom. The van der Waals surface area contributed by atoms with E-state index in [0.717, 1.165) is 51.1 Å². The highest BCUT2D eigenvalue weighted by atomic mass is 16.5. The predicted molar refractivity (Wildman–Crippen MR) is 111 cm³/mol. The van der Waals surface area contributed by atoms with E-state index in [1.807, 2.05) is 0 Å². The minimum Gasteiger partial charge on any atom is -0.496 e. The minimum absolute atomic E-state index is 0.00348. The Morgan fingerprint density at radius 2 is 1.83 bits per heavy atom. The molecule has 5 rings (SSSR count). The van der Waals surface area contributed by atoms with Crippen molar-refractivity contribution >= 4 is 11.8 Å². The first-order valence-electron chi connectivity index (χ1n) is 11.3. The van der Waals surface area contributed by atoms with E-state index in [1.54, 1.807) is 12.0 Å². The molecule has 156 valence electrons. The Morgan fingerprint density at radius 3 is 2.55 bits per heavy atom. The summed E-state index contributed by atoms with van der Waals surface area (Å²) in [6.07, 6.45) is 7.64. The molecule has 2 aliphatic carbocycles. The number of fused-ring (bicyclic) bond motifs is 3. The fourth-order valence-corrected chi connectivity index (χ4v) is 6.54. The summed E-state index contributed by atoms with van der Waals surface area (Å²) in [6, 6.07) is 6.42. The van der Waals surface area contributed by atoms with Gasteiger partial charge in [0, 0.05) is 44.0 Å². The minimum atomic E-state index is 0.00348. The van der Waals surface area contributed by atoms with Gasteiger partial charge in [-0.15, -0.1) is 0 Å². The van der Waals surface area contributed by atoms with Gasteiger partial charge in [-0.3, -0.25) is 14.5 Å². The van der Waals surface area contributed by atoms with E-state index in [4.69, 9.17) is 4.74 Å². The SMILES string of the molecule is COc1cccc2c1C1CN(CCCN3C(=O)CC4(CCCC4)CC3=O)CC1C2. The number of benzene rings is 1. The van der Waals surface area contributed by atoms with Gasteiger partial charge in [0.05, 0.1) is 7.11 Å². The lowest BCUT2D eigenvalue weighted by Crippen LogP contribution is -2.47. The molecular formula is C24H32N2O3. The molecule has 0 N–H and O–H groups in total. The molecule has 2 aliphatic heterocycles. The molecule has 1 aromatic rings. The van der Waals surface area contributed by atoms with E-state index in [0.29, 0.717) is 31.2 Å². The number of ether oxygens (including phenoxy) is 1. The number of hydrogen-bond donors (Lipinski definition) is 0. The van der Waals surface area contributed by atoms with Crippen LogP contribution in [0.1, 0.15) is 62.0 Å². The second-order valence-corrected chi connectivity index (χ2v) is 9.72. The fourth-order valence-electron chi connectivity index (χ4n) is 6.54. The Kier molecular flexibility index (Phi) is 4.89. The standard InChI is InChI=1S/C24H32N2O3/c1-29-20-7-4-6-17-12-18-15-25(16-19(18)23(17)20)10-5-11-26-21(27)13-24(14-22(26)28)8-2-3-9-24/h4,6-7,18-19H,2-3,5,8-16H2,1H3. The van der Waals surface area contributed by atoms with Crippen molar-refractivity contribution in [2.75, 3.05) is 33.3 Å². The molecule has 2 amide bonds. The van der Waals surface area contributed by atoms with Crippen molar-refractivity contribution in [3.63, 3.8) is 0 Å². The van der Waals surface area contributed by atoms with Crippen LogP contribution >= 0.6 is 0 Å².